The van der Waals surface area contributed by atoms with Crippen LogP contribution >= 0.6 is 11.6 Å². The fourth-order valence-corrected chi connectivity index (χ4v) is 5.59. The van der Waals surface area contributed by atoms with Crippen LogP contribution in [0.25, 0.3) is 0 Å². The number of aliphatic imine (C=N–C) groups is 1. The summed E-state index contributed by atoms with van der Waals surface area (Å²) in [5, 5.41) is 26.1. The number of carbonyl (C=O) groups is 1. The molecule has 1 aromatic carbocycles. The number of unbranched alkanes of at least 4 members (excludes halogenated alkanes) is 1. The van der Waals surface area contributed by atoms with Crippen molar-refractivity contribution >= 4 is 50.8 Å². The summed E-state index contributed by atoms with van der Waals surface area (Å²) >= 11 is 5.81. The second-order valence-electron chi connectivity index (χ2n) is 11.4. The predicted octanol–water partition coefficient (Wildman–Crippen LogP) is 0.306. The maximum atomic E-state index is 12.3. The van der Waals surface area contributed by atoms with Crippen molar-refractivity contribution in [2.75, 3.05) is 74.8 Å². The number of phenols is 1. The van der Waals surface area contributed by atoms with Crippen molar-refractivity contribution < 1.29 is 23.4 Å². The highest BCUT2D eigenvalue weighted by Crippen LogP contribution is 2.27. The Balaban J connectivity index is 1.25. The average Bonchev–Trinajstić information content (AvgIpc) is 2.98. The molecule has 0 spiro atoms. The van der Waals surface area contributed by atoms with Gasteiger partial charge < -0.3 is 42.5 Å². The van der Waals surface area contributed by atoms with E-state index in [2.05, 4.69) is 47.0 Å². The summed E-state index contributed by atoms with van der Waals surface area (Å²) in [5.74, 6) is -1.12. The number of rotatable bonds is 16. The number of piperazine rings is 1. The van der Waals surface area contributed by atoms with Crippen molar-refractivity contribution in [3.05, 3.63) is 34.6 Å². The fourth-order valence-electron chi connectivity index (χ4n) is 4.90. The molecule has 46 heavy (non-hydrogen) atoms. The number of aromatic nitrogens is 2. The summed E-state index contributed by atoms with van der Waals surface area (Å²) in [6.45, 7) is 8.81. The Labute approximate surface area is 274 Å². The lowest BCUT2D eigenvalue weighted by Gasteiger charge is -2.34. The summed E-state index contributed by atoms with van der Waals surface area (Å²) in [6.07, 6.45) is 3.88. The molecule has 1 saturated heterocycles. The van der Waals surface area contributed by atoms with Gasteiger partial charge in [-0.1, -0.05) is 17.7 Å². The molecular weight excluding hydrogens is 638 g/mol. The second-order valence-corrected chi connectivity index (χ2v) is 13.5. The number of carbonyl (C=O) groups excluding carboxylic acids is 1. The van der Waals surface area contributed by atoms with Gasteiger partial charge in [0.05, 0.1) is 18.0 Å². The molecule has 2 aromatic rings. The highest BCUT2D eigenvalue weighted by molar-refractivity contribution is 7.92. The van der Waals surface area contributed by atoms with Gasteiger partial charge in [0.2, 0.25) is 10.0 Å². The highest BCUT2D eigenvalue weighted by atomic mass is 35.5. The van der Waals surface area contributed by atoms with Crippen molar-refractivity contribution in [2.24, 2.45) is 10.7 Å². The number of phenolic OH excluding ortho intramolecular Hbond substituents is 1. The van der Waals surface area contributed by atoms with Crippen LogP contribution in [0.1, 0.15) is 54.8 Å². The number of nitrogens with zero attached hydrogens (tertiary/aromatic N) is 5. The maximum Gasteiger partial charge on any atom is 0.280 e. The van der Waals surface area contributed by atoms with E-state index in [4.69, 9.17) is 28.8 Å². The lowest BCUT2D eigenvalue weighted by molar-refractivity contribution is 0.0972. The molecule has 0 aliphatic carbocycles. The summed E-state index contributed by atoms with van der Waals surface area (Å²) < 4.78 is 25.3. The first-order chi connectivity index (χ1) is 21.7. The van der Waals surface area contributed by atoms with Gasteiger partial charge in [-0.15, -0.1) is 0 Å². The van der Waals surface area contributed by atoms with Crippen molar-refractivity contribution in [1.82, 2.24) is 30.4 Å². The second kappa shape index (κ2) is 17.4. The molecular formula is C28H46ClN11O5S. The number of amides is 1. The molecule has 0 bridgehead atoms. The lowest BCUT2D eigenvalue weighted by Crippen LogP contribution is -2.46. The largest absolute Gasteiger partial charge is 0.506 e. The molecule has 2 heterocycles. The molecule has 1 fully saturated rings. The molecule has 1 aliphatic rings. The summed E-state index contributed by atoms with van der Waals surface area (Å²) in [6, 6.07) is 4.56. The van der Waals surface area contributed by atoms with E-state index in [1.807, 2.05) is 0 Å². The Kier molecular flexibility index (Phi) is 14.0. The van der Waals surface area contributed by atoms with Crippen LogP contribution in [0.4, 0.5) is 17.3 Å². The summed E-state index contributed by atoms with van der Waals surface area (Å²) in [5.41, 5.74) is 17.4. The van der Waals surface area contributed by atoms with Gasteiger partial charge in [0.1, 0.15) is 5.75 Å². The van der Waals surface area contributed by atoms with Crippen molar-refractivity contribution in [3.63, 3.8) is 0 Å². The number of hydrogen-bond acceptors (Lipinski definition) is 13. The van der Waals surface area contributed by atoms with Crippen LogP contribution in [0.3, 0.4) is 0 Å². The predicted molar refractivity (Wildman–Crippen MR) is 180 cm³/mol. The van der Waals surface area contributed by atoms with E-state index in [0.29, 0.717) is 18.7 Å². The number of guanidine groups is 1. The molecule has 18 heteroatoms. The molecule has 1 aromatic heterocycles. The minimum atomic E-state index is -3.56. The first-order valence-electron chi connectivity index (χ1n) is 15.1. The van der Waals surface area contributed by atoms with Crippen LogP contribution in [0.15, 0.2) is 23.2 Å². The van der Waals surface area contributed by atoms with Gasteiger partial charge in [-0.2, -0.15) is 0 Å². The number of nitrogens with two attached hydrogens (primary N) is 3. The molecule has 0 radical (unpaired) electrons. The number of nitrogen functional groups attached to an aromatic ring is 2. The Bertz CT molecular complexity index is 1460. The summed E-state index contributed by atoms with van der Waals surface area (Å²) in [4.78, 5) is 29.0. The number of hydrogen-bond donors (Lipinski definition) is 8. The molecule has 3 rings (SSSR count). The van der Waals surface area contributed by atoms with E-state index in [9.17, 15) is 23.4 Å². The lowest BCUT2D eigenvalue weighted by atomic mass is 10.1. The number of halogens is 1. The molecule has 1 aliphatic heterocycles. The zero-order chi connectivity index (χ0) is 33.9. The van der Waals surface area contributed by atoms with Crippen LogP contribution in [0, 0.1) is 0 Å². The molecule has 2 atom stereocenters. The van der Waals surface area contributed by atoms with E-state index in [0.717, 1.165) is 71.2 Å². The van der Waals surface area contributed by atoms with Gasteiger partial charge in [0, 0.05) is 45.3 Å². The molecule has 0 unspecified atom stereocenters. The third kappa shape index (κ3) is 12.4. The minimum Gasteiger partial charge on any atom is -0.506 e. The van der Waals surface area contributed by atoms with E-state index in [1.165, 1.54) is 12.1 Å². The first kappa shape index (κ1) is 37.0. The SMILES string of the molecule is C[C@H](CCCN1CCN(CCCCN=C(N)NC(=O)c2nc(Cl)c(N)nc2N)CC1)NC[C@H](O)c1ccc(O)c(NS(C)(=O)=O)c1. The normalized spacial score (nSPS) is 16.2. The van der Waals surface area contributed by atoms with E-state index in [1.54, 1.807) is 6.07 Å². The molecule has 1 amide bonds. The van der Waals surface area contributed by atoms with Crippen LogP contribution in [0.2, 0.25) is 5.15 Å². The average molecular weight is 684 g/mol. The smallest absolute Gasteiger partial charge is 0.280 e. The van der Waals surface area contributed by atoms with Gasteiger partial charge in [0.15, 0.2) is 28.4 Å². The van der Waals surface area contributed by atoms with Gasteiger partial charge in [-0.3, -0.25) is 19.8 Å². The topological polar surface area (TPSA) is 250 Å². The third-order valence-corrected chi connectivity index (χ3v) is 8.33. The maximum absolute atomic E-state index is 12.3. The Morgan fingerprint density at radius 2 is 1.74 bits per heavy atom. The van der Waals surface area contributed by atoms with Gasteiger partial charge >= 0.3 is 0 Å². The van der Waals surface area contributed by atoms with Crippen LogP contribution < -0.4 is 32.6 Å². The van der Waals surface area contributed by atoms with Crippen LogP contribution in [0.5, 0.6) is 5.75 Å². The van der Waals surface area contributed by atoms with Crippen molar-refractivity contribution in [2.45, 2.75) is 44.8 Å². The minimum absolute atomic E-state index is 0.0368. The zero-order valence-corrected chi connectivity index (χ0v) is 27.8. The zero-order valence-electron chi connectivity index (χ0n) is 26.2. The van der Waals surface area contributed by atoms with Crippen molar-refractivity contribution in [3.8, 4) is 5.75 Å². The van der Waals surface area contributed by atoms with E-state index in [-0.39, 0.29) is 45.9 Å². The Morgan fingerprint density at radius 3 is 2.39 bits per heavy atom. The van der Waals surface area contributed by atoms with E-state index < -0.39 is 22.0 Å². The summed E-state index contributed by atoms with van der Waals surface area (Å²) in [7, 11) is -3.56. The van der Waals surface area contributed by atoms with Gasteiger partial charge in [-0.05, 0) is 63.4 Å². The Hall–Kier alpha value is -3.48. The Morgan fingerprint density at radius 1 is 1.09 bits per heavy atom. The third-order valence-electron chi connectivity index (χ3n) is 7.46. The number of nitrogens with one attached hydrogen (secondary N) is 3. The van der Waals surface area contributed by atoms with Gasteiger partial charge in [0.25, 0.3) is 5.91 Å². The number of aromatic hydroxyl groups is 1. The first-order valence-corrected chi connectivity index (χ1v) is 17.4. The molecule has 256 valence electrons. The van der Waals surface area contributed by atoms with Crippen LogP contribution in [-0.4, -0.2) is 115 Å². The van der Waals surface area contributed by atoms with Crippen LogP contribution in [-0.2, 0) is 10.0 Å². The van der Waals surface area contributed by atoms with Gasteiger partial charge in [-0.25, -0.2) is 18.4 Å². The number of sulfonamides is 1. The number of benzene rings is 1. The number of anilines is 3. The highest BCUT2D eigenvalue weighted by Gasteiger charge is 2.19. The van der Waals surface area contributed by atoms with Crippen molar-refractivity contribution in [1.29, 1.82) is 0 Å². The number of aliphatic hydroxyl groups excluding tert-OH is 1. The van der Waals surface area contributed by atoms with E-state index >= 15 is 0 Å². The fraction of sp³-hybridized carbons (Fsp3) is 0.571. The molecule has 11 N–H and O–H groups in total. The molecule has 16 nitrogen and oxygen atoms in total. The number of aliphatic hydroxyl groups is 1. The standard InChI is InChI=1S/C28H46ClN11O5S/c1-18(34-17-22(42)19-7-8-21(41)20(16-19)38-46(2,44)45)6-5-11-40-14-12-39(13-15-40)10-4-3-9-33-28(32)37-27(43)23-25(30)36-26(31)24(29)35-23/h7-8,16,18,22,34,38,41-42H,3-6,9-15,17H2,1-2H3,(H4,30,31,36)(H3,32,33,37,43)/t18-,22+/m1/s1. The molecule has 0 saturated carbocycles. The quantitative estimate of drug-likeness (QED) is 0.0514. The monoisotopic (exact) mass is 683 g/mol.